The lowest BCUT2D eigenvalue weighted by Crippen LogP contribution is -2.13. The third-order valence-corrected chi connectivity index (χ3v) is 4.89. The van der Waals surface area contributed by atoms with Crippen molar-refractivity contribution < 1.29 is 0 Å². The lowest BCUT2D eigenvalue weighted by atomic mass is 9.93. The molecule has 20 heavy (non-hydrogen) atoms. The molecule has 104 valence electrons. The van der Waals surface area contributed by atoms with Crippen LogP contribution in [0.25, 0.3) is 0 Å². The summed E-state index contributed by atoms with van der Waals surface area (Å²) in [4.78, 5) is 0. The van der Waals surface area contributed by atoms with Crippen molar-refractivity contribution in [3.63, 3.8) is 0 Å². The second-order valence-corrected chi connectivity index (χ2v) is 6.17. The van der Waals surface area contributed by atoms with Crippen LogP contribution in [0.3, 0.4) is 0 Å². The van der Waals surface area contributed by atoms with Gasteiger partial charge in [0.05, 0.1) is 10.0 Å². The standard InChI is InChI=1S/C17H17Cl2N/c1-20-17-10-12(13-4-2-3-5-14(13)17)8-11-6-7-15(18)16(19)9-11/h2-7,9,12,17,20H,8,10H2,1H3. The van der Waals surface area contributed by atoms with Crippen molar-refractivity contribution in [2.45, 2.75) is 24.8 Å². The second kappa shape index (κ2) is 5.77. The molecular weight excluding hydrogens is 289 g/mol. The van der Waals surface area contributed by atoms with Gasteiger partial charge in [0, 0.05) is 6.04 Å². The molecule has 0 aromatic heterocycles. The minimum atomic E-state index is 0.457. The predicted octanol–water partition coefficient (Wildman–Crippen LogP) is 4.98. The molecule has 0 amide bonds. The van der Waals surface area contributed by atoms with E-state index < -0.39 is 0 Å². The molecule has 2 aromatic rings. The Kier molecular flexibility index (Phi) is 4.02. The normalized spacial score (nSPS) is 20.9. The first kappa shape index (κ1) is 13.9. The Labute approximate surface area is 129 Å². The Hall–Kier alpha value is -1.02. The Bertz CT molecular complexity index is 624. The van der Waals surface area contributed by atoms with E-state index in [1.54, 1.807) is 0 Å². The summed E-state index contributed by atoms with van der Waals surface area (Å²) in [6.45, 7) is 0. The van der Waals surface area contributed by atoms with E-state index in [1.807, 2.05) is 19.2 Å². The molecule has 1 N–H and O–H groups in total. The van der Waals surface area contributed by atoms with Gasteiger partial charge in [-0.2, -0.15) is 0 Å². The molecule has 0 saturated carbocycles. The molecule has 3 rings (SSSR count). The van der Waals surface area contributed by atoms with Crippen LogP contribution >= 0.6 is 23.2 Å². The maximum atomic E-state index is 6.11. The molecule has 0 saturated heterocycles. The highest BCUT2D eigenvalue weighted by atomic mass is 35.5. The first-order valence-electron chi connectivity index (χ1n) is 6.89. The van der Waals surface area contributed by atoms with Crippen molar-refractivity contribution in [1.29, 1.82) is 0 Å². The number of nitrogens with one attached hydrogen (secondary N) is 1. The number of rotatable bonds is 3. The summed E-state index contributed by atoms with van der Waals surface area (Å²) in [5, 5.41) is 4.67. The molecule has 0 spiro atoms. The van der Waals surface area contributed by atoms with Crippen LogP contribution in [0.4, 0.5) is 0 Å². The zero-order valence-electron chi connectivity index (χ0n) is 11.4. The molecule has 0 heterocycles. The van der Waals surface area contributed by atoms with E-state index in [4.69, 9.17) is 23.2 Å². The highest BCUT2D eigenvalue weighted by molar-refractivity contribution is 6.42. The summed E-state index contributed by atoms with van der Waals surface area (Å²) in [7, 11) is 2.03. The van der Waals surface area contributed by atoms with Gasteiger partial charge < -0.3 is 5.32 Å². The average Bonchev–Trinajstić information content (AvgIpc) is 2.81. The molecule has 2 unspecified atom stereocenters. The highest BCUT2D eigenvalue weighted by Gasteiger charge is 2.29. The van der Waals surface area contributed by atoms with E-state index in [0.717, 1.165) is 12.8 Å². The van der Waals surface area contributed by atoms with Crippen LogP contribution in [0.15, 0.2) is 42.5 Å². The SMILES string of the molecule is CNC1CC(Cc2ccc(Cl)c(Cl)c2)c2ccccc21. The third kappa shape index (κ3) is 2.58. The van der Waals surface area contributed by atoms with Crippen LogP contribution in [0.1, 0.15) is 35.1 Å². The fraction of sp³-hybridized carbons (Fsp3) is 0.294. The number of hydrogen-bond acceptors (Lipinski definition) is 1. The Morgan fingerprint density at radius 3 is 2.50 bits per heavy atom. The summed E-state index contributed by atoms with van der Waals surface area (Å²) < 4.78 is 0. The minimum Gasteiger partial charge on any atom is -0.313 e. The van der Waals surface area contributed by atoms with Crippen molar-refractivity contribution >= 4 is 23.2 Å². The smallest absolute Gasteiger partial charge is 0.0595 e. The Morgan fingerprint density at radius 2 is 1.80 bits per heavy atom. The van der Waals surface area contributed by atoms with E-state index in [2.05, 4.69) is 35.6 Å². The average molecular weight is 306 g/mol. The second-order valence-electron chi connectivity index (χ2n) is 5.36. The first-order chi connectivity index (χ1) is 9.69. The van der Waals surface area contributed by atoms with Gasteiger partial charge >= 0.3 is 0 Å². The van der Waals surface area contributed by atoms with Crippen LogP contribution in [0.5, 0.6) is 0 Å². The van der Waals surface area contributed by atoms with Crippen molar-refractivity contribution in [3.8, 4) is 0 Å². The number of halogens is 2. The van der Waals surface area contributed by atoms with Crippen LogP contribution in [-0.2, 0) is 6.42 Å². The molecule has 0 bridgehead atoms. The third-order valence-electron chi connectivity index (χ3n) is 4.15. The molecule has 2 atom stereocenters. The number of fused-ring (bicyclic) bond motifs is 1. The lowest BCUT2D eigenvalue weighted by molar-refractivity contribution is 0.532. The fourth-order valence-electron chi connectivity index (χ4n) is 3.16. The van der Waals surface area contributed by atoms with E-state index in [-0.39, 0.29) is 0 Å². The van der Waals surface area contributed by atoms with Crippen molar-refractivity contribution in [2.75, 3.05) is 7.05 Å². The zero-order valence-corrected chi connectivity index (χ0v) is 12.9. The summed E-state index contributed by atoms with van der Waals surface area (Å²) in [5.74, 6) is 0.542. The summed E-state index contributed by atoms with van der Waals surface area (Å²) >= 11 is 12.1. The molecular formula is C17H17Cl2N. The Balaban J connectivity index is 1.87. The first-order valence-corrected chi connectivity index (χ1v) is 7.64. The molecule has 1 aliphatic rings. The van der Waals surface area contributed by atoms with Gasteiger partial charge in [0.1, 0.15) is 0 Å². The van der Waals surface area contributed by atoms with Gasteiger partial charge in [0.15, 0.2) is 0 Å². The van der Waals surface area contributed by atoms with Crippen LogP contribution in [0.2, 0.25) is 10.0 Å². The van der Waals surface area contributed by atoms with Crippen molar-refractivity contribution in [1.82, 2.24) is 5.32 Å². The summed E-state index contributed by atoms with van der Waals surface area (Å²) in [6, 6.07) is 15.1. The van der Waals surface area contributed by atoms with Gasteiger partial charge in [0.25, 0.3) is 0 Å². The Morgan fingerprint density at radius 1 is 1.05 bits per heavy atom. The topological polar surface area (TPSA) is 12.0 Å². The maximum absolute atomic E-state index is 6.11. The summed E-state index contributed by atoms with van der Waals surface area (Å²) in [6.07, 6.45) is 2.14. The molecule has 0 radical (unpaired) electrons. The minimum absolute atomic E-state index is 0.457. The van der Waals surface area contributed by atoms with Gasteiger partial charge in [0.2, 0.25) is 0 Å². The number of benzene rings is 2. The largest absolute Gasteiger partial charge is 0.313 e. The molecule has 0 aliphatic heterocycles. The van der Waals surface area contributed by atoms with Crippen LogP contribution in [-0.4, -0.2) is 7.05 Å². The fourth-order valence-corrected chi connectivity index (χ4v) is 3.48. The number of hydrogen-bond donors (Lipinski definition) is 1. The molecule has 1 nitrogen and oxygen atoms in total. The maximum Gasteiger partial charge on any atom is 0.0595 e. The molecule has 3 heteroatoms. The van der Waals surface area contributed by atoms with E-state index in [1.165, 1.54) is 16.7 Å². The van der Waals surface area contributed by atoms with Gasteiger partial charge in [-0.15, -0.1) is 0 Å². The monoisotopic (exact) mass is 305 g/mol. The quantitative estimate of drug-likeness (QED) is 0.843. The van der Waals surface area contributed by atoms with Crippen LogP contribution < -0.4 is 5.32 Å². The van der Waals surface area contributed by atoms with Gasteiger partial charge in [-0.3, -0.25) is 0 Å². The molecule has 0 fully saturated rings. The van der Waals surface area contributed by atoms with Crippen molar-refractivity contribution in [3.05, 3.63) is 69.2 Å². The zero-order chi connectivity index (χ0) is 14.1. The van der Waals surface area contributed by atoms with Gasteiger partial charge in [-0.1, -0.05) is 53.5 Å². The van der Waals surface area contributed by atoms with Crippen LogP contribution in [0, 0.1) is 0 Å². The van der Waals surface area contributed by atoms with E-state index in [0.29, 0.717) is 22.0 Å². The summed E-state index contributed by atoms with van der Waals surface area (Å²) in [5.41, 5.74) is 4.13. The van der Waals surface area contributed by atoms with Gasteiger partial charge in [-0.05, 0) is 54.6 Å². The van der Waals surface area contributed by atoms with Crippen molar-refractivity contribution in [2.24, 2.45) is 0 Å². The molecule has 1 aliphatic carbocycles. The van der Waals surface area contributed by atoms with Gasteiger partial charge in [-0.25, -0.2) is 0 Å². The van der Waals surface area contributed by atoms with E-state index in [9.17, 15) is 0 Å². The van der Waals surface area contributed by atoms with E-state index >= 15 is 0 Å². The molecule has 2 aromatic carbocycles. The highest BCUT2D eigenvalue weighted by Crippen LogP contribution is 2.42. The predicted molar refractivity (Wildman–Crippen MR) is 85.8 cm³/mol. The lowest BCUT2D eigenvalue weighted by Gasteiger charge is -2.12.